The van der Waals surface area contributed by atoms with Crippen LogP contribution < -0.4 is 10.3 Å². The molecule has 0 saturated heterocycles. The number of nitrogens with zero attached hydrogens (tertiary/aromatic N) is 2. The molecule has 0 saturated carbocycles. The highest BCUT2D eigenvalue weighted by atomic mass is 16.5. The van der Waals surface area contributed by atoms with E-state index in [1.807, 2.05) is 30.3 Å². The van der Waals surface area contributed by atoms with Gasteiger partial charge in [0, 0.05) is 12.3 Å². The van der Waals surface area contributed by atoms with E-state index in [2.05, 4.69) is 11.9 Å². The molecule has 2 aromatic heterocycles. The van der Waals surface area contributed by atoms with Gasteiger partial charge in [0.25, 0.3) is 5.56 Å². The second kappa shape index (κ2) is 5.95. The van der Waals surface area contributed by atoms with Crippen LogP contribution in [0.15, 0.2) is 47.4 Å². The van der Waals surface area contributed by atoms with E-state index in [1.165, 1.54) is 6.42 Å². The summed E-state index contributed by atoms with van der Waals surface area (Å²) < 4.78 is 7.28. The van der Waals surface area contributed by atoms with Crippen molar-refractivity contribution < 1.29 is 4.74 Å². The summed E-state index contributed by atoms with van der Waals surface area (Å²) in [6.07, 6.45) is 5.12. The summed E-state index contributed by atoms with van der Waals surface area (Å²) in [4.78, 5) is 16.9. The fraction of sp³-hybridized carbons (Fsp3) is 0.294. The molecule has 0 radical (unpaired) electrons. The molecular weight excluding hydrogens is 264 g/mol. The van der Waals surface area contributed by atoms with Gasteiger partial charge in [-0.2, -0.15) is 0 Å². The standard InChI is InChI=1S/C17H18N2O2/c1-2-3-6-11-21-13-8-9-14-15(12-13)18-16-7-4-5-10-19(16)17(14)20/h4-5,7-10,12H,2-3,6,11H2,1H3. The SMILES string of the molecule is CCCCCOc1ccc2c(=O)n3ccccc3nc2c1. The summed E-state index contributed by atoms with van der Waals surface area (Å²) >= 11 is 0. The summed E-state index contributed by atoms with van der Waals surface area (Å²) in [6.45, 7) is 2.87. The van der Waals surface area contributed by atoms with E-state index in [1.54, 1.807) is 16.7 Å². The fourth-order valence-electron chi connectivity index (χ4n) is 2.37. The Kier molecular flexibility index (Phi) is 3.86. The van der Waals surface area contributed by atoms with Crippen LogP contribution in [0.3, 0.4) is 0 Å². The van der Waals surface area contributed by atoms with E-state index in [9.17, 15) is 4.79 Å². The number of hydrogen-bond donors (Lipinski definition) is 0. The first-order valence-electron chi connectivity index (χ1n) is 7.33. The molecule has 2 heterocycles. The van der Waals surface area contributed by atoms with Gasteiger partial charge < -0.3 is 4.74 Å². The van der Waals surface area contributed by atoms with Crippen LogP contribution in [0.4, 0.5) is 0 Å². The fourth-order valence-corrected chi connectivity index (χ4v) is 2.37. The Hall–Kier alpha value is -2.36. The largest absolute Gasteiger partial charge is 0.494 e. The minimum absolute atomic E-state index is 0.0480. The third kappa shape index (κ3) is 2.75. The zero-order valence-corrected chi connectivity index (χ0v) is 12.1. The zero-order valence-electron chi connectivity index (χ0n) is 12.1. The first kappa shape index (κ1) is 13.6. The van der Waals surface area contributed by atoms with Gasteiger partial charge >= 0.3 is 0 Å². The maximum absolute atomic E-state index is 12.4. The van der Waals surface area contributed by atoms with Gasteiger partial charge in [0.2, 0.25) is 0 Å². The van der Waals surface area contributed by atoms with E-state index in [0.717, 1.165) is 18.6 Å². The summed E-state index contributed by atoms with van der Waals surface area (Å²) in [5, 5.41) is 0.611. The molecule has 0 aliphatic heterocycles. The Bertz CT molecular complexity index is 824. The molecule has 0 fully saturated rings. The Morgan fingerprint density at radius 3 is 2.95 bits per heavy atom. The van der Waals surface area contributed by atoms with Crippen LogP contribution in [0, 0.1) is 0 Å². The zero-order chi connectivity index (χ0) is 14.7. The van der Waals surface area contributed by atoms with E-state index < -0.39 is 0 Å². The van der Waals surface area contributed by atoms with E-state index in [-0.39, 0.29) is 5.56 Å². The van der Waals surface area contributed by atoms with Crippen molar-refractivity contribution in [2.45, 2.75) is 26.2 Å². The van der Waals surface area contributed by atoms with Gasteiger partial charge in [-0.3, -0.25) is 9.20 Å². The number of hydrogen-bond acceptors (Lipinski definition) is 3. The number of fused-ring (bicyclic) bond motifs is 2. The second-order valence-corrected chi connectivity index (χ2v) is 5.08. The average molecular weight is 282 g/mol. The molecule has 3 rings (SSSR count). The molecule has 3 aromatic rings. The van der Waals surface area contributed by atoms with Crippen molar-refractivity contribution in [3.8, 4) is 5.75 Å². The second-order valence-electron chi connectivity index (χ2n) is 5.08. The summed E-state index contributed by atoms with van der Waals surface area (Å²) in [7, 11) is 0. The lowest BCUT2D eigenvalue weighted by Crippen LogP contribution is -2.14. The van der Waals surface area contributed by atoms with Crippen molar-refractivity contribution in [2.75, 3.05) is 6.61 Å². The van der Waals surface area contributed by atoms with Gasteiger partial charge in [-0.15, -0.1) is 0 Å². The Balaban J connectivity index is 1.97. The molecule has 0 spiro atoms. The highest BCUT2D eigenvalue weighted by Gasteiger charge is 2.06. The lowest BCUT2D eigenvalue weighted by molar-refractivity contribution is 0.306. The van der Waals surface area contributed by atoms with Crippen LogP contribution in [0.25, 0.3) is 16.6 Å². The van der Waals surface area contributed by atoms with Crippen LogP contribution in [0.1, 0.15) is 26.2 Å². The Morgan fingerprint density at radius 2 is 2.10 bits per heavy atom. The topological polar surface area (TPSA) is 43.6 Å². The van der Waals surface area contributed by atoms with Crippen LogP contribution in [-0.4, -0.2) is 16.0 Å². The molecule has 0 aliphatic carbocycles. The van der Waals surface area contributed by atoms with Crippen molar-refractivity contribution in [1.82, 2.24) is 9.38 Å². The van der Waals surface area contributed by atoms with Crippen LogP contribution in [0.5, 0.6) is 5.75 Å². The van der Waals surface area contributed by atoms with Crippen LogP contribution >= 0.6 is 0 Å². The van der Waals surface area contributed by atoms with Gasteiger partial charge in [0.1, 0.15) is 11.4 Å². The smallest absolute Gasteiger partial charge is 0.265 e. The molecule has 4 nitrogen and oxygen atoms in total. The van der Waals surface area contributed by atoms with Crippen LogP contribution in [0.2, 0.25) is 0 Å². The van der Waals surface area contributed by atoms with E-state index >= 15 is 0 Å². The molecule has 0 aliphatic rings. The van der Waals surface area contributed by atoms with Gasteiger partial charge in [0.15, 0.2) is 0 Å². The number of unbranched alkanes of at least 4 members (excludes halogenated alkanes) is 2. The lowest BCUT2D eigenvalue weighted by Gasteiger charge is -2.07. The molecule has 0 amide bonds. The van der Waals surface area contributed by atoms with E-state index in [4.69, 9.17) is 4.74 Å². The molecular formula is C17H18N2O2. The minimum Gasteiger partial charge on any atom is -0.494 e. The molecule has 0 atom stereocenters. The Morgan fingerprint density at radius 1 is 1.19 bits per heavy atom. The maximum atomic E-state index is 12.4. The number of rotatable bonds is 5. The number of benzene rings is 1. The van der Waals surface area contributed by atoms with Gasteiger partial charge in [-0.25, -0.2) is 4.98 Å². The number of pyridine rings is 1. The summed E-state index contributed by atoms with van der Waals surface area (Å²) in [5.41, 5.74) is 1.28. The predicted octanol–water partition coefficient (Wildman–Crippen LogP) is 3.42. The first-order chi connectivity index (χ1) is 10.3. The number of ether oxygens (including phenoxy) is 1. The highest BCUT2D eigenvalue weighted by Crippen LogP contribution is 2.18. The normalized spacial score (nSPS) is 11.1. The van der Waals surface area contributed by atoms with Crippen molar-refractivity contribution >= 4 is 16.6 Å². The Labute approximate surface area is 123 Å². The molecule has 0 bridgehead atoms. The molecule has 4 heteroatoms. The van der Waals surface area contributed by atoms with Crippen molar-refractivity contribution in [3.05, 3.63) is 52.9 Å². The first-order valence-corrected chi connectivity index (χ1v) is 7.33. The number of aromatic nitrogens is 2. The third-order valence-electron chi connectivity index (χ3n) is 3.51. The van der Waals surface area contributed by atoms with Crippen molar-refractivity contribution in [1.29, 1.82) is 0 Å². The lowest BCUT2D eigenvalue weighted by atomic mass is 10.2. The molecule has 21 heavy (non-hydrogen) atoms. The summed E-state index contributed by atoms with van der Waals surface area (Å²) in [6, 6.07) is 11.0. The van der Waals surface area contributed by atoms with Gasteiger partial charge in [-0.05, 0) is 30.7 Å². The highest BCUT2D eigenvalue weighted by molar-refractivity contribution is 5.81. The molecule has 0 N–H and O–H groups in total. The molecule has 108 valence electrons. The maximum Gasteiger partial charge on any atom is 0.265 e. The van der Waals surface area contributed by atoms with Crippen LogP contribution in [-0.2, 0) is 0 Å². The average Bonchev–Trinajstić information content (AvgIpc) is 2.52. The van der Waals surface area contributed by atoms with Gasteiger partial charge in [0.05, 0.1) is 17.5 Å². The molecule has 1 aromatic carbocycles. The third-order valence-corrected chi connectivity index (χ3v) is 3.51. The van der Waals surface area contributed by atoms with Crippen molar-refractivity contribution in [3.63, 3.8) is 0 Å². The molecule has 0 unspecified atom stereocenters. The monoisotopic (exact) mass is 282 g/mol. The quantitative estimate of drug-likeness (QED) is 0.532. The van der Waals surface area contributed by atoms with E-state index in [0.29, 0.717) is 23.2 Å². The minimum atomic E-state index is -0.0480. The van der Waals surface area contributed by atoms with Crippen molar-refractivity contribution in [2.24, 2.45) is 0 Å². The summed E-state index contributed by atoms with van der Waals surface area (Å²) in [5.74, 6) is 0.769. The predicted molar refractivity (Wildman–Crippen MR) is 84.0 cm³/mol. The van der Waals surface area contributed by atoms with Gasteiger partial charge in [-0.1, -0.05) is 25.8 Å².